The number of hydrogen-bond acceptors (Lipinski definition) is 2. The molecule has 0 aliphatic rings. The number of rotatable bonds is 4. The number of benzene rings is 1. The van der Waals surface area contributed by atoms with Gasteiger partial charge < -0.3 is 9.88 Å². The maximum absolute atomic E-state index is 11.1. The molecule has 0 unspecified atom stereocenters. The summed E-state index contributed by atoms with van der Waals surface area (Å²) in [5.74, 6) is -0.0416. The van der Waals surface area contributed by atoms with E-state index in [1.165, 1.54) is 6.92 Å². The van der Waals surface area contributed by atoms with Gasteiger partial charge in [0.2, 0.25) is 5.91 Å². The fraction of sp³-hybridized carbons (Fsp3) is 0.231. The molecule has 17 heavy (non-hydrogen) atoms. The van der Waals surface area contributed by atoms with E-state index in [1.807, 2.05) is 35.0 Å². The lowest BCUT2D eigenvalue weighted by atomic mass is 10.1. The van der Waals surface area contributed by atoms with Crippen LogP contribution in [0.5, 0.6) is 0 Å². The van der Waals surface area contributed by atoms with Gasteiger partial charge in [0.1, 0.15) is 0 Å². The van der Waals surface area contributed by atoms with Crippen LogP contribution < -0.4 is 5.32 Å². The number of nitrogens with zero attached hydrogens (tertiary/aromatic N) is 2. The second-order valence-electron chi connectivity index (χ2n) is 3.89. The minimum atomic E-state index is -0.0416. The summed E-state index contributed by atoms with van der Waals surface area (Å²) < 4.78 is 2.02. The third-order valence-corrected chi connectivity index (χ3v) is 2.53. The van der Waals surface area contributed by atoms with Crippen molar-refractivity contribution < 1.29 is 4.79 Å². The van der Waals surface area contributed by atoms with Crippen molar-refractivity contribution >= 4 is 11.6 Å². The van der Waals surface area contributed by atoms with Gasteiger partial charge in [0.15, 0.2) is 0 Å². The molecule has 0 atom stereocenters. The van der Waals surface area contributed by atoms with E-state index < -0.39 is 0 Å². The van der Waals surface area contributed by atoms with Crippen LogP contribution in [0.1, 0.15) is 12.5 Å². The van der Waals surface area contributed by atoms with E-state index >= 15 is 0 Å². The van der Waals surface area contributed by atoms with Crippen molar-refractivity contribution in [3.63, 3.8) is 0 Å². The normalized spacial score (nSPS) is 10.2. The number of aromatic nitrogens is 2. The average Bonchev–Trinajstić information content (AvgIpc) is 2.80. The van der Waals surface area contributed by atoms with Crippen molar-refractivity contribution in [2.45, 2.75) is 19.9 Å². The first kappa shape index (κ1) is 11.4. The van der Waals surface area contributed by atoms with Crippen molar-refractivity contribution in [2.24, 2.45) is 0 Å². The van der Waals surface area contributed by atoms with Gasteiger partial charge in [-0.05, 0) is 18.1 Å². The molecule has 1 aromatic carbocycles. The molecule has 88 valence electrons. The third-order valence-electron chi connectivity index (χ3n) is 2.53. The number of aryl methyl sites for hydroxylation is 2. The van der Waals surface area contributed by atoms with E-state index in [9.17, 15) is 4.79 Å². The first-order valence-electron chi connectivity index (χ1n) is 5.57. The summed E-state index contributed by atoms with van der Waals surface area (Å²) in [5.41, 5.74) is 2.02. The lowest BCUT2D eigenvalue weighted by Gasteiger charge is -2.09. The van der Waals surface area contributed by atoms with Crippen LogP contribution in [-0.2, 0) is 17.8 Å². The highest BCUT2D eigenvalue weighted by Crippen LogP contribution is 2.16. The van der Waals surface area contributed by atoms with E-state index in [2.05, 4.69) is 10.3 Å². The minimum absolute atomic E-state index is 0.0416. The molecule has 0 radical (unpaired) electrons. The Morgan fingerprint density at radius 2 is 2.24 bits per heavy atom. The number of carbonyl (C=O) groups is 1. The zero-order valence-electron chi connectivity index (χ0n) is 9.76. The van der Waals surface area contributed by atoms with Crippen molar-refractivity contribution in [3.8, 4) is 0 Å². The topological polar surface area (TPSA) is 46.9 Å². The summed E-state index contributed by atoms with van der Waals surface area (Å²) in [7, 11) is 0. The highest BCUT2D eigenvalue weighted by Gasteiger charge is 2.03. The maximum Gasteiger partial charge on any atom is 0.221 e. The summed E-state index contributed by atoms with van der Waals surface area (Å²) in [4.78, 5) is 15.1. The largest absolute Gasteiger partial charge is 0.337 e. The number of carbonyl (C=O) groups excluding carboxylic acids is 1. The Morgan fingerprint density at radius 1 is 1.41 bits per heavy atom. The zero-order valence-corrected chi connectivity index (χ0v) is 9.76. The van der Waals surface area contributed by atoms with Crippen molar-refractivity contribution in [1.82, 2.24) is 9.55 Å². The van der Waals surface area contributed by atoms with Crippen LogP contribution >= 0.6 is 0 Å². The fourth-order valence-corrected chi connectivity index (χ4v) is 1.72. The Bertz CT molecular complexity index is 491. The van der Waals surface area contributed by atoms with Crippen LogP contribution in [0.4, 0.5) is 5.69 Å². The summed E-state index contributed by atoms with van der Waals surface area (Å²) in [5, 5.41) is 2.84. The van der Waals surface area contributed by atoms with Crippen LogP contribution in [0, 0.1) is 0 Å². The molecule has 1 aromatic heterocycles. The number of imidazole rings is 1. The van der Waals surface area contributed by atoms with Crippen LogP contribution in [0.15, 0.2) is 43.0 Å². The third kappa shape index (κ3) is 3.17. The molecule has 2 rings (SSSR count). The van der Waals surface area contributed by atoms with Gasteiger partial charge in [-0.25, -0.2) is 4.98 Å². The van der Waals surface area contributed by atoms with Crippen molar-refractivity contribution in [2.75, 3.05) is 5.32 Å². The molecule has 4 nitrogen and oxygen atoms in total. The molecule has 0 fully saturated rings. The van der Waals surface area contributed by atoms with Gasteiger partial charge in [-0.15, -0.1) is 0 Å². The Labute approximate surface area is 100 Å². The predicted octanol–water partition coefficient (Wildman–Crippen LogP) is 2.08. The summed E-state index contributed by atoms with van der Waals surface area (Å²) in [6, 6.07) is 7.85. The fourth-order valence-electron chi connectivity index (χ4n) is 1.72. The van der Waals surface area contributed by atoms with Gasteiger partial charge >= 0.3 is 0 Å². The number of para-hydroxylation sites is 1. The maximum atomic E-state index is 11.1. The molecule has 0 bridgehead atoms. The van der Waals surface area contributed by atoms with Gasteiger partial charge in [0.25, 0.3) is 0 Å². The summed E-state index contributed by atoms with van der Waals surface area (Å²) >= 11 is 0. The highest BCUT2D eigenvalue weighted by molar-refractivity contribution is 5.89. The Morgan fingerprint density at radius 3 is 2.94 bits per heavy atom. The van der Waals surface area contributed by atoms with Gasteiger partial charge in [-0.1, -0.05) is 18.2 Å². The predicted molar refractivity (Wildman–Crippen MR) is 66.7 cm³/mol. The first-order valence-corrected chi connectivity index (χ1v) is 5.57. The lowest BCUT2D eigenvalue weighted by molar-refractivity contribution is -0.114. The van der Waals surface area contributed by atoms with Crippen molar-refractivity contribution in [3.05, 3.63) is 48.5 Å². The highest BCUT2D eigenvalue weighted by atomic mass is 16.1. The number of nitrogens with one attached hydrogen (secondary N) is 1. The van der Waals surface area contributed by atoms with E-state index in [0.29, 0.717) is 0 Å². The van der Waals surface area contributed by atoms with E-state index in [1.54, 1.807) is 12.5 Å². The second-order valence-corrected chi connectivity index (χ2v) is 3.89. The average molecular weight is 229 g/mol. The molecule has 0 aliphatic heterocycles. The van der Waals surface area contributed by atoms with Gasteiger partial charge in [-0.3, -0.25) is 4.79 Å². The molecule has 1 heterocycles. The van der Waals surface area contributed by atoms with Gasteiger partial charge in [0.05, 0.1) is 6.33 Å². The molecule has 4 heteroatoms. The lowest BCUT2D eigenvalue weighted by Crippen LogP contribution is -2.09. The Balaban J connectivity index is 2.06. The van der Waals surface area contributed by atoms with Gasteiger partial charge in [-0.2, -0.15) is 0 Å². The standard InChI is InChI=1S/C13H15N3O/c1-11(17)15-13-5-3-2-4-12(13)6-8-16-9-7-14-10-16/h2-5,7,9-10H,6,8H2,1H3,(H,15,17). The molecule has 0 saturated carbocycles. The van der Waals surface area contributed by atoms with Crippen LogP contribution in [0.25, 0.3) is 0 Å². The first-order chi connectivity index (χ1) is 8.25. The molecule has 1 amide bonds. The minimum Gasteiger partial charge on any atom is -0.337 e. The van der Waals surface area contributed by atoms with E-state index in [0.717, 1.165) is 24.2 Å². The molecule has 2 aromatic rings. The molecule has 0 aliphatic carbocycles. The van der Waals surface area contributed by atoms with Crippen LogP contribution in [-0.4, -0.2) is 15.5 Å². The quantitative estimate of drug-likeness (QED) is 0.872. The number of anilines is 1. The van der Waals surface area contributed by atoms with Gasteiger partial charge in [0, 0.05) is 31.5 Å². The molecular weight excluding hydrogens is 214 g/mol. The molecular formula is C13H15N3O. The summed E-state index contributed by atoms with van der Waals surface area (Å²) in [6.07, 6.45) is 6.36. The van der Waals surface area contributed by atoms with Crippen LogP contribution in [0.3, 0.4) is 0 Å². The molecule has 0 spiro atoms. The Hall–Kier alpha value is -2.10. The zero-order chi connectivity index (χ0) is 12.1. The molecule has 1 N–H and O–H groups in total. The van der Waals surface area contributed by atoms with Crippen molar-refractivity contribution in [1.29, 1.82) is 0 Å². The van der Waals surface area contributed by atoms with Crippen LogP contribution in [0.2, 0.25) is 0 Å². The SMILES string of the molecule is CC(=O)Nc1ccccc1CCn1ccnc1. The molecule has 0 saturated heterocycles. The monoisotopic (exact) mass is 229 g/mol. The van der Waals surface area contributed by atoms with E-state index in [-0.39, 0.29) is 5.91 Å². The number of amides is 1. The smallest absolute Gasteiger partial charge is 0.221 e. The summed E-state index contributed by atoms with van der Waals surface area (Å²) in [6.45, 7) is 2.38. The second kappa shape index (κ2) is 5.30. The van der Waals surface area contributed by atoms with E-state index in [4.69, 9.17) is 0 Å². The Kier molecular flexibility index (Phi) is 3.55. The number of hydrogen-bond donors (Lipinski definition) is 1.